The van der Waals surface area contributed by atoms with Gasteiger partial charge in [-0.2, -0.15) is 4.31 Å². The molecule has 1 aromatic carbocycles. The van der Waals surface area contributed by atoms with Crippen LogP contribution in [0.2, 0.25) is 0 Å². The summed E-state index contributed by atoms with van der Waals surface area (Å²) in [6.45, 7) is 9.80. The number of hydrogen-bond acceptors (Lipinski definition) is 4. The molecule has 1 saturated heterocycles. The standard InChI is InChI=1S/C17H28N2O3S/c1-5-6-7-18-8-10-19(11-9-18)23(20,21)17-13-15(3)14(2)12-16(17)22-4/h12-13H,5-11H2,1-4H3. The van der Waals surface area contributed by atoms with E-state index in [2.05, 4.69) is 11.8 Å². The summed E-state index contributed by atoms with van der Waals surface area (Å²) in [5.41, 5.74) is 2.00. The molecule has 1 fully saturated rings. The fourth-order valence-corrected chi connectivity index (χ4v) is 4.48. The quantitative estimate of drug-likeness (QED) is 0.798. The van der Waals surface area contributed by atoms with Crippen LogP contribution in [0.4, 0.5) is 0 Å². The van der Waals surface area contributed by atoms with Crippen molar-refractivity contribution in [2.24, 2.45) is 0 Å². The van der Waals surface area contributed by atoms with Crippen molar-refractivity contribution in [3.8, 4) is 5.75 Å². The minimum Gasteiger partial charge on any atom is -0.495 e. The van der Waals surface area contributed by atoms with Crippen LogP contribution in [0, 0.1) is 13.8 Å². The van der Waals surface area contributed by atoms with Gasteiger partial charge in [-0.3, -0.25) is 0 Å². The maximum Gasteiger partial charge on any atom is 0.246 e. The number of unbranched alkanes of at least 4 members (excludes halogenated alkanes) is 1. The third-order valence-electron chi connectivity index (χ3n) is 4.56. The minimum absolute atomic E-state index is 0.283. The first kappa shape index (κ1) is 18.2. The second-order valence-corrected chi connectivity index (χ2v) is 8.09. The van der Waals surface area contributed by atoms with Crippen LogP contribution in [-0.4, -0.2) is 57.5 Å². The van der Waals surface area contributed by atoms with Crippen LogP contribution >= 0.6 is 0 Å². The van der Waals surface area contributed by atoms with Gasteiger partial charge in [0.25, 0.3) is 0 Å². The zero-order valence-electron chi connectivity index (χ0n) is 14.6. The van der Waals surface area contributed by atoms with E-state index < -0.39 is 10.0 Å². The van der Waals surface area contributed by atoms with E-state index in [4.69, 9.17) is 4.74 Å². The Kier molecular flexibility index (Phi) is 6.06. The topological polar surface area (TPSA) is 49.9 Å². The molecule has 0 aliphatic carbocycles. The van der Waals surface area contributed by atoms with Gasteiger partial charge in [0, 0.05) is 26.2 Å². The van der Waals surface area contributed by atoms with E-state index in [9.17, 15) is 8.42 Å². The van der Waals surface area contributed by atoms with Crippen LogP contribution in [0.15, 0.2) is 17.0 Å². The van der Waals surface area contributed by atoms with Crippen molar-refractivity contribution in [3.63, 3.8) is 0 Å². The molecule has 23 heavy (non-hydrogen) atoms. The monoisotopic (exact) mass is 340 g/mol. The largest absolute Gasteiger partial charge is 0.495 e. The predicted octanol–water partition coefficient (Wildman–Crippen LogP) is 2.42. The van der Waals surface area contributed by atoms with Crippen LogP contribution in [-0.2, 0) is 10.0 Å². The van der Waals surface area contributed by atoms with E-state index in [1.54, 1.807) is 16.4 Å². The van der Waals surface area contributed by atoms with E-state index in [1.165, 1.54) is 13.5 Å². The highest BCUT2D eigenvalue weighted by atomic mass is 32.2. The van der Waals surface area contributed by atoms with Crippen LogP contribution in [0.3, 0.4) is 0 Å². The van der Waals surface area contributed by atoms with Gasteiger partial charge in [0.05, 0.1) is 7.11 Å². The lowest BCUT2D eigenvalue weighted by atomic mass is 10.1. The van der Waals surface area contributed by atoms with E-state index in [0.29, 0.717) is 18.8 Å². The molecule has 1 heterocycles. The summed E-state index contributed by atoms with van der Waals surface area (Å²) in [6, 6.07) is 3.53. The highest BCUT2D eigenvalue weighted by Gasteiger charge is 2.31. The van der Waals surface area contributed by atoms with Gasteiger partial charge in [0.15, 0.2) is 0 Å². The molecule has 0 bridgehead atoms. The molecule has 6 heteroatoms. The summed E-state index contributed by atoms with van der Waals surface area (Å²) in [7, 11) is -1.99. The van der Waals surface area contributed by atoms with Gasteiger partial charge in [-0.1, -0.05) is 13.3 Å². The molecule has 5 nitrogen and oxygen atoms in total. The van der Waals surface area contributed by atoms with Crippen LogP contribution in [0.25, 0.3) is 0 Å². The third-order valence-corrected chi connectivity index (χ3v) is 6.48. The number of aryl methyl sites for hydroxylation is 2. The molecule has 0 amide bonds. The Balaban J connectivity index is 2.18. The Bertz CT molecular complexity index is 635. The van der Waals surface area contributed by atoms with Crippen molar-refractivity contribution in [2.45, 2.75) is 38.5 Å². The zero-order valence-corrected chi connectivity index (χ0v) is 15.4. The van der Waals surface area contributed by atoms with Crippen LogP contribution in [0.1, 0.15) is 30.9 Å². The first-order chi connectivity index (χ1) is 10.9. The normalized spacial score (nSPS) is 17.4. The summed E-state index contributed by atoms with van der Waals surface area (Å²) in [5, 5.41) is 0. The van der Waals surface area contributed by atoms with E-state index in [0.717, 1.165) is 37.2 Å². The number of methoxy groups -OCH3 is 1. The summed E-state index contributed by atoms with van der Waals surface area (Å²) < 4.78 is 32.9. The molecule has 0 aromatic heterocycles. The number of nitrogens with zero attached hydrogens (tertiary/aromatic N) is 2. The average Bonchev–Trinajstić information content (AvgIpc) is 2.55. The van der Waals surface area contributed by atoms with Crippen molar-refractivity contribution in [1.29, 1.82) is 0 Å². The maximum atomic E-state index is 13.0. The van der Waals surface area contributed by atoms with E-state index in [-0.39, 0.29) is 4.90 Å². The van der Waals surface area contributed by atoms with Crippen molar-refractivity contribution < 1.29 is 13.2 Å². The Morgan fingerprint density at radius 1 is 1.09 bits per heavy atom. The van der Waals surface area contributed by atoms with Crippen molar-refractivity contribution in [2.75, 3.05) is 39.8 Å². The Hall–Kier alpha value is -1.11. The fourth-order valence-electron chi connectivity index (χ4n) is 2.84. The van der Waals surface area contributed by atoms with Gasteiger partial charge in [-0.25, -0.2) is 8.42 Å². The van der Waals surface area contributed by atoms with Gasteiger partial charge in [-0.15, -0.1) is 0 Å². The number of hydrogen-bond donors (Lipinski definition) is 0. The fraction of sp³-hybridized carbons (Fsp3) is 0.647. The molecule has 0 saturated carbocycles. The zero-order chi connectivity index (χ0) is 17.0. The number of benzene rings is 1. The van der Waals surface area contributed by atoms with Gasteiger partial charge < -0.3 is 9.64 Å². The minimum atomic E-state index is -3.51. The average molecular weight is 340 g/mol. The molecule has 0 atom stereocenters. The highest BCUT2D eigenvalue weighted by Crippen LogP contribution is 2.30. The predicted molar refractivity (Wildman–Crippen MR) is 92.6 cm³/mol. The third kappa shape index (κ3) is 4.05. The molecule has 2 rings (SSSR count). The van der Waals surface area contributed by atoms with Crippen molar-refractivity contribution in [1.82, 2.24) is 9.21 Å². The van der Waals surface area contributed by atoms with Gasteiger partial charge in [0.2, 0.25) is 10.0 Å². The summed E-state index contributed by atoms with van der Waals surface area (Å²) in [5.74, 6) is 0.432. The van der Waals surface area contributed by atoms with Crippen LogP contribution in [0.5, 0.6) is 5.75 Å². The number of sulfonamides is 1. The lowest BCUT2D eigenvalue weighted by Crippen LogP contribution is -2.48. The second-order valence-electron chi connectivity index (χ2n) is 6.19. The Morgan fingerprint density at radius 3 is 2.26 bits per heavy atom. The molecule has 130 valence electrons. The maximum absolute atomic E-state index is 13.0. The molecule has 0 spiro atoms. The second kappa shape index (κ2) is 7.64. The highest BCUT2D eigenvalue weighted by molar-refractivity contribution is 7.89. The van der Waals surface area contributed by atoms with E-state index in [1.807, 2.05) is 13.8 Å². The lowest BCUT2D eigenvalue weighted by Gasteiger charge is -2.34. The van der Waals surface area contributed by atoms with E-state index >= 15 is 0 Å². The molecule has 0 radical (unpaired) electrons. The van der Waals surface area contributed by atoms with Crippen LogP contribution < -0.4 is 4.74 Å². The summed E-state index contributed by atoms with van der Waals surface area (Å²) in [4.78, 5) is 2.62. The number of piperazine rings is 1. The smallest absolute Gasteiger partial charge is 0.246 e. The van der Waals surface area contributed by atoms with Crippen molar-refractivity contribution in [3.05, 3.63) is 23.3 Å². The van der Waals surface area contributed by atoms with Gasteiger partial charge in [0.1, 0.15) is 10.6 Å². The first-order valence-corrected chi connectivity index (χ1v) is 9.72. The molecule has 1 aliphatic heterocycles. The summed E-state index contributed by atoms with van der Waals surface area (Å²) >= 11 is 0. The lowest BCUT2D eigenvalue weighted by molar-refractivity contribution is 0.186. The number of rotatable bonds is 6. The Labute approximate surface area is 140 Å². The molecule has 0 N–H and O–H groups in total. The molecular formula is C17H28N2O3S. The molecule has 1 aromatic rings. The SMILES string of the molecule is CCCCN1CCN(S(=O)(=O)c2cc(C)c(C)cc2OC)CC1. The molecular weight excluding hydrogens is 312 g/mol. The Morgan fingerprint density at radius 2 is 1.70 bits per heavy atom. The van der Waals surface area contributed by atoms with Gasteiger partial charge >= 0.3 is 0 Å². The molecule has 1 aliphatic rings. The number of ether oxygens (including phenoxy) is 1. The summed E-state index contributed by atoms with van der Waals surface area (Å²) in [6.07, 6.45) is 2.33. The van der Waals surface area contributed by atoms with Gasteiger partial charge in [-0.05, 0) is 50.1 Å². The molecule has 0 unspecified atom stereocenters. The van der Waals surface area contributed by atoms with Crippen molar-refractivity contribution >= 4 is 10.0 Å². The first-order valence-electron chi connectivity index (χ1n) is 8.28.